The van der Waals surface area contributed by atoms with E-state index < -0.39 is 36.0 Å². The van der Waals surface area contributed by atoms with Crippen LogP contribution in [-0.4, -0.2) is 26.8 Å². The molecule has 0 unspecified atom stereocenters. The lowest BCUT2D eigenvalue weighted by Gasteiger charge is -2.17. The summed E-state index contributed by atoms with van der Waals surface area (Å²) in [4.78, 5) is 24.4. The SMILES string of the molecule is Cc1cc([C@H](C)NC(=O)c2c(Cc3ccc(C(C)(F)F)cc3)nn(C)c2C(F)F)ccc1C(=O)O. The van der Waals surface area contributed by atoms with E-state index in [9.17, 15) is 32.3 Å². The number of carboxylic acids is 1. The lowest BCUT2D eigenvalue weighted by molar-refractivity contribution is 0.0174. The Hall–Kier alpha value is -3.69. The van der Waals surface area contributed by atoms with Crippen molar-refractivity contribution in [3.63, 3.8) is 0 Å². The van der Waals surface area contributed by atoms with Gasteiger partial charge in [0, 0.05) is 26.0 Å². The van der Waals surface area contributed by atoms with Gasteiger partial charge in [0.2, 0.25) is 0 Å². The maximum atomic E-state index is 13.8. The second-order valence-electron chi connectivity index (χ2n) is 8.47. The van der Waals surface area contributed by atoms with Gasteiger partial charge < -0.3 is 10.4 Å². The largest absolute Gasteiger partial charge is 0.478 e. The molecule has 2 aromatic carbocycles. The van der Waals surface area contributed by atoms with Gasteiger partial charge in [-0.15, -0.1) is 0 Å². The second kappa shape index (κ2) is 9.89. The smallest absolute Gasteiger partial charge is 0.335 e. The number of benzene rings is 2. The predicted octanol–water partition coefficient (Wildman–Crippen LogP) is 5.56. The lowest BCUT2D eigenvalue weighted by Crippen LogP contribution is -2.28. The Kier molecular flexibility index (Phi) is 7.33. The highest BCUT2D eigenvalue weighted by molar-refractivity contribution is 5.97. The first kappa shape index (κ1) is 25.9. The lowest BCUT2D eigenvalue weighted by atomic mass is 9.99. The third-order valence-corrected chi connectivity index (χ3v) is 5.76. The van der Waals surface area contributed by atoms with Crippen molar-refractivity contribution < 1.29 is 32.3 Å². The van der Waals surface area contributed by atoms with Crippen LogP contribution in [0.3, 0.4) is 0 Å². The summed E-state index contributed by atoms with van der Waals surface area (Å²) >= 11 is 0. The van der Waals surface area contributed by atoms with Gasteiger partial charge in [-0.2, -0.15) is 5.10 Å². The Balaban J connectivity index is 1.91. The van der Waals surface area contributed by atoms with Crippen LogP contribution in [0.2, 0.25) is 0 Å². The summed E-state index contributed by atoms with van der Waals surface area (Å²) < 4.78 is 55.6. The van der Waals surface area contributed by atoms with E-state index in [1.54, 1.807) is 26.0 Å². The van der Waals surface area contributed by atoms with Gasteiger partial charge in [-0.25, -0.2) is 22.4 Å². The number of carbonyl (C=O) groups is 2. The van der Waals surface area contributed by atoms with E-state index in [1.807, 2.05) is 0 Å². The number of nitrogens with one attached hydrogen (secondary N) is 1. The molecule has 1 amide bonds. The Morgan fingerprint density at radius 2 is 1.77 bits per heavy atom. The van der Waals surface area contributed by atoms with Gasteiger partial charge in [0.05, 0.1) is 22.9 Å². The van der Waals surface area contributed by atoms with E-state index in [1.165, 1.54) is 37.4 Å². The van der Waals surface area contributed by atoms with E-state index in [0.29, 0.717) is 16.7 Å². The molecule has 186 valence electrons. The molecule has 35 heavy (non-hydrogen) atoms. The molecule has 0 radical (unpaired) electrons. The van der Waals surface area contributed by atoms with Crippen LogP contribution in [0.1, 0.15) is 80.7 Å². The number of hydrogen-bond donors (Lipinski definition) is 2. The molecule has 6 nitrogen and oxygen atoms in total. The zero-order valence-electron chi connectivity index (χ0n) is 19.6. The van der Waals surface area contributed by atoms with E-state index >= 15 is 0 Å². The number of nitrogens with zero attached hydrogens (tertiary/aromatic N) is 2. The molecule has 1 aromatic heterocycles. The minimum Gasteiger partial charge on any atom is -0.478 e. The van der Waals surface area contributed by atoms with Crippen molar-refractivity contribution in [3.8, 4) is 0 Å². The molecule has 0 aliphatic carbocycles. The maximum Gasteiger partial charge on any atom is 0.335 e. The fourth-order valence-electron chi connectivity index (χ4n) is 3.87. The standard InChI is InChI=1S/C25H25F4N3O3/c1-13-11-16(7-10-18(13)24(34)35)14(2)30-23(33)20-19(31-32(4)21(20)22(26)27)12-15-5-8-17(9-6-15)25(3,28)29/h5-11,14,22H,12H2,1-4H3,(H,30,33)(H,34,35)/t14-/m0/s1. The molecule has 3 rings (SSSR count). The van der Waals surface area contributed by atoms with Crippen molar-refractivity contribution in [1.29, 1.82) is 0 Å². The highest BCUT2D eigenvalue weighted by Gasteiger charge is 2.29. The number of rotatable bonds is 8. The molecule has 10 heteroatoms. The number of aryl methyl sites for hydroxylation is 2. The number of carboxylic acid groups (broad SMARTS) is 1. The zero-order chi connectivity index (χ0) is 26.1. The molecule has 0 aliphatic rings. The number of carbonyl (C=O) groups excluding carboxylic acids is 1. The fraction of sp³-hybridized carbons (Fsp3) is 0.320. The summed E-state index contributed by atoms with van der Waals surface area (Å²) in [5.74, 6) is -4.87. The molecule has 0 saturated heterocycles. The van der Waals surface area contributed by atoms with E-state index in [-0.39, 0.29) is 28.8 Å². The average Bonchev–Trinajstić information content (AvgIpc) is 3.08. The Labute approximate surface area is 199 Å². The Bertz CT molecular complexity index is 1250. The Morgan fingerprint density at radius 3 is 2.29 bits per heavy atom. The highest BCUT2D eigenvalue weighted by Crippen LogP contribution is 2.30. The number of hydrogen-bond acceptors (Lipinski definition) is 3. The van der Waals surface area contributed by atoms with Crippen LogP contribution in [-0.2, 0) is 19.4 Å². The van der Waals surface area contributed by atoms with Crippen LogP contribution < -0.4 is 5.32 Å². The third kappa shape index (κ3) is 5.70. The second-order valence-corrected chi connectivity index (χ2v) is 8.47. The summed E-state index contributed by atoms with van der Waals surface area (Å²) in [6.45, 7) is 4.04. The minimum absolute atomic E-state index is 0.0142. The molecule has 0 aliphatic heterocycles. The summed E-state index contributed by atoms with van der Waals surface area (Å²) in [6.07, 6.45) is -2.99. The van der Waals surface area contributed by atoms with Gasteiger partial charge in [-0.3, -0.25) is 9.48 Å². The first-order valence-electron chi connectivity index (χ1n) is 10.8. The molecule has 1 heterocycles. The number of halogens is 4. The van der Waals surface area contributed by atoms with Gasteiger partial charge in [0.1, 0.15) is 5.69 Å². The molecule has 2 N–H and O–H groups in total. The Morgan fingerprint density at radius 1 is 1.14 bits per heavy atom. The van der Waals surface area contributed by atoms with Crippen molar-refractivity contribution in [3.05, 3.63) is 87.2 Å². The quantitative estimate of drug-likeness (QED) is 0.404. The molecular weight excluding hydrogens is 466 g/mol. The van der Waals surface area contributed by atoms with Crippen LogP contribution in [0.4, 0.5) is 17.6 Å². The average molecular weight is 491 g/mol. The van der Waals surface area contributed by atoms with Crippen molar-refractivity contribution in [2.75, 3.05) is 0 Å². The van der Waals surface area contributed by atoms with Gasteiger partial charge in [0.25, 0.3) is 18.3 Å². The molecule has 0 bridgehead atoms. The fourth-order valence-corrected chi connectivity index (χ4v) is 3.87. The first-order valence-corrected chi connectivity index (χ1v) is 10.8. The molecule has 0 saturated carbocycles. The van der Waals surface area contributed by atoms with Crippen molar-refractivity contribution in [1.82, 2.24) is 15.1 Å². The van der Waals surface area contributed by atoms with Gasteiger partial charge >= 0.3 is 5.97 Å². The zero-order valence-corrected chi connectivity index (χ0v) is 19.6. The number of amides is 1. The van der Waals surface area contributed by atoms with E-state index in [0.717, 1.165) is 11.6 Å². The molecular formula is C25H25F4N3O3. The molecule has 1 atom stereocenters. The van der Waals surface area contributed by atoms with Crippen LogP contribution in [0.25, 0.3) is 0 Å². The van der Waals surface area contributed by atoms with Gasteiger partial charge in [-0.1, -0.05) is 36.4 Å². The first-order chi connectivity index (χ1) is 16.3. The third-order valence-electron chi connectivity index (χ3n) is 5.76. The monoisotopic (exact) mass is 491 g/mol. The highest BCUT2D eigenvalue weighted by atomic mass is 19.3. The van der Waals surface area contributed by atoms with E-state index in [4.69, 9.17) is 0 Å². The van der Waals surface area contributed by atoms with E-state index in [2.05, 4.69) is 10.4 Å². The van der Waals surface area contributed by atoms with Crippen molar-refractivity contribution in [2.45, 2.75) is 45.6 Å². The number of aromatic carboxylic acids is 1. The molecule has 0 fully saturated rings. The minimum atomic E-state index is -3.02. The summed E-state index contributed by atoms with van der Waals surface area (Å²) in [6, 6.07) is 9.34. The van der Waals surface area contributed by atoms with Crippen molar-refractivity contribution >= 4 is 11.9 Å². The molecule has 0 spiro atoms. The summed E-state index contributed by atoms with van der Waals surface area (Å²) in [5, 5.41) is 16.0. The topological polar surface area (TPSA) is 84.2 Å². The summed E-state index contributed by atoms with van der Waals surface area (Å²) in [7, 11) is 1.31. The van der Waals surface area contributed by atoms with Crippen molar-refractivity contribution in [2.24, 2.45) is 7.05 Å². The number of alkyl halides is 4. The predicted molar refractivity (Wildman–Crippen MR) is 121 cm³/mol. The van der Waals surface area contributed by atoms with Crippen LogP contribution in [0, 0.1) is 6.92 Å². The van der Waals surface area contributed by atoms with Gasteiger partial charge in [-0.05, 0) is 36.6 Å². The number of aromatic nitrogens is 2. The normalized spacial score (nSPS) is 12.6. The van der Waals surface area contributed by atoms with Crippen LogP contribution in [0.5, 0.6) is 0 Å². The van der Waals surface area contributed by atoms with Crippen LogP contribution >= 0.6 is 0 Å². The summed E-state index contributed by atoms with van der Waals surface area (Å²) in [5.41, 5.74) is 0.797. The van der Waals surface area contributed by atoms with Crippen LogP contribution in [0.15, 0.2) is 42.5 Å². The molecule has 3 aromatic rings. The van der Waals surface area contributed by atoms with Gasteiger partial charge in [0.15, 0.2) is 0 Å². The maximum absolute atomic E-state index is 13.8.